The molecule has 15 heavy (non-hydrogen) atoms. The van der Waals surface area contributed by atoms with E-state index in [0.29, 0.717) is 5.56 Å². The van der Waals surface area contributed by atoms with Gasteiger partial charge in [0.15, 0.2) is 0 Å². The maximum absolute atomic E-state index is 10.7. The Bertz CT molecular complexity index is 400. The molecule has 0 spiro atoms. The van der Waals surface area contributed by atoms with Crippen molar-refractivity contribution in [3.8, 4) is 0 Å². The molecular weight excluding hydrogens is 198 g/mol. The van der Waals surface area contributed by atoms with Gasteiger partial charge < -0.3 is 4.74 Å². The van der Waals surface area contributed by atoms with Crippen molar-refractivity contribution < 1.29 is 14.5 Å². The summed E-state index contributed by atoms with van der Waals surface area (Å²) >= 11 is 0. The van der Waals surface area contributed by atoms with Crippen LogP contribution in [-0.4, -0.2) is 10.9 Å². The number of carbonyl (C=O) groups is 1. The molecule has 0 saturated carbocycles. The highest BCUT2D eigenvalue weighted by Crippen LogP contribution is 2.22. The Labute approximate surface area is 86.8 Å². The summed E-state index contributed by atoms with van der Waals surface area (Å²) in [5, 5.41) is 10.7. The molecule has 0 saturated heterocycles. The van der Waals surface area contributed by atoms with Gasteiger partial charge in [0.1, 0.15) is 6.61 Å². The lowest BCUT2D eigenvalue weighted by molar-refractivity contribution is -0.385. The standard InChI is InChI=1S/C10H11NO4/c1-7-4-3-5-10(11(13)14)9(7)6-15-8(2)12/h3-5H,6H2,1-2H3. The normalized spacial score (nSPS) is 9.73. The van der Waals surface area contributed by atoms with Gasteiger partial charge in [-0.15, -0.1) is 0 Å². The first-order valence-electron chi connectivity index (χ1n) is 4.38. The molecule has 0 radical (unpaired) electrons. The van der Waals surface area contributed by atoms with E-state index in [2.05, 4.69) is 0 Å². The Kier molecular flexibility index (Phi) is 3.38. The Morgan fingerprint density at radius 3 is 2.73 bits per heavy atom. The van der Waals surface area contributed by atoms with E-state index in [9.17, 15) is 14.9 Å². The van der Waals surface area contributed by atoms with Crippen molar-refractivity contribution in [2.24, 2.45) is 0 Å². The second kappa shape index (κ2) is 4.54. The number of ether oxygens (including phenoxy) is 1. The molecule has 5 heteroatoms. The number of carbonyl (C=O) groups excluding carboxylic acids is 1. The van der Waals surface area contributed by atoms with Gasteiger partial charge in [0.25, 0.3) is 5.69 Å². The van der Waals surface area contributed by atoms with Gasteiger partial charge >= 0.3 is 5.97 Å². The van der Waals surface area contributed by atoms with Crippen LogP contribution in [0.4, 0.5) is 5.69 Å². The van der Waals surface area contributed by atoms with Gasteiger partial charge in [0.2, 0.25) is 0 Å². The van der Waals surface area contributed by atoms with Crippen molar-refractivity contribution in [2.45, 2.75) is 20.5 Å². The molecule has 1 aromatic rings. The maximum atomic E-state index is 10.7. The minimum absolute atomic E-state index is 0.0174. The van der Waals surface area contributed by atoms with Crippen molar-refractivity contribution in [1.29, 1.82) is 0 Å². The topological polar surface area (TPSA) is 69.4 Å². The average Bonchev–Trinajstić information content (AvgIpc) is 2.15. The van der Waals surface area contributed by atoms with Crippen molar-refractivity contribution in [3.63, 3.8) is 0 Å². The number of nitro benzene ring substituents is 1. The van der Waals surface area contributed by atoms with E-state index < -0.39 is 10.9 Å². The van der Waals surface area contributed by atoms with Crippen molar-refractivity contribution >= 4 is 11.7 Å². The average molecular weight is 209 g/mol. The molecular formula is C10H11NO4. The number of rotatable bonds is 3. The highest BCUT2D eigenvalue weighted by molar-refractivity contribution is 5.66. The van der Waals surface area contributed by atoms with Crippen LogP contribution in [-0.2, 0) is 16.1 Å². The van der Waals surface area contributed by atoms with Crippen LogP contribution < -0.4 is 0 Å². The van der Waals surface area contributed by atoms with E-state index in [-0.39, 0.29) is 12.3 Å². The van der Waals surface area contributed by atoms with Crippen LogP contribution in [0, 0.1) is 17.0 Å². The quantitative estimate of drug-likeness (QED) is 0.433. The molecule has 0 atom stereocenters. The third-order valence-electron chi connectivity index (χ3n) is 2.00. The van der Waals surface area contributed by atoms with Crippen molar-refractivity contribution in [2.75, 3.05) is 0 Å². The highest BCUT2D eigenvalue weighted by Gasteiger charge is 2.15. The molecule has 0 N–H and O–H groups in total. The van der Waals surface area contributed by atoms with Crippen molar-refractivity contribution in [3.05, 3.63) is 39.4 Å². The van der Waals surface area contributed by atoms with Gasteiger partial charge in [-0.3, -0.25) is 14.9 Å². The molecule has 1 aromatic carbocycles. The summed E-state index contributed by atoms with van der Waals surface area (Å²) in [6, 6.07) is 4.74. The van der Waals surface area contributed by atoms with Gasteiger partial charge in [0.05, 0.1) is 10.5 Å². The first-order chi connectivity index (χ1) is 7.02. The zero-order valence-corrected chi connectivity index (χ0v) is 8.52. The van der Waals surface area contributed by atoms with E-state index in [0.717, 1.165) is 5.56 Å². The monoisotopic (exact) mass is 209 g/mol. The van der Waals surface area contributed by atoms with Crippen LogP contribution in [0.25, 0.3) is 0 Å². The smallest absolute Gasteiger partial charge is 0.302 e. The third kappa shape index (κ3) is 2.77. The molecule has 0 aliphatic rings. The summed E-state index contributed by atoms with van der Waals surface area (Å²) in [6.07, 6.45) is 0. The molecule has 0 unspecified atom stereocenters. The second-order valence-corrected chi connectivity index (χ2v) is 3.11. The lowest BCUT2D eigenvalue weighted by Gasteiger charge is -2.06. The molecule has 0 aliphatic heterocycles. The minimum Gasteiger partial charge on any atom is -0.461 e. The summed E-state index contributed by atoms with van der Waals surface area (Å²) in [6.45, 7) is 2.95. The Hall–Kier alpha value is -1.91. The van der Waals surface area contributed by atoms with E-state index >= 15 is 0 Å². The molecule has 0 bridgehead atoms. The number of benzene rings is 1. The van der Waals surface area contributed by atoms with Crippen LogP contribution in [0.5, 0.6) is 0 Å². The fourth-order valence-corrected chi connectivity index (χ4v) is 1.22. The van der Waals surface area contributed by atoms with Gasteiger partial charge in [-0.05, 0) is 12.5 Å². The first-order valence-corrected chi connectivity index (χ1v) is 4.38. The van der Waals surface area contributed by atoms with Crippen LogP contribution in [0.1, 0.15) is 18.1 Å². The second-order valence-electron chi connectivity index (χ2n) is 3.11. The van der Waals surface area contributed by atoms with E-state index in [1.165, 1.54) is 13.0 Å². The molecule has 0 heterocycles. The molecule has 1 rings (SSSR count). The maximum Gasteiger partial charge on any atom is 0.302 e. The summed E-state index contributed by atoms with van der Waals surface area (Å²) in [5.41, 5.74) is 1.17. The van der Waals surface area contributed by atoms with E-state index in [4.69, 9.17) is 4.74 Å². The van der Waals surface area contributed by atoms with Gasteiger partial charge in [-0.1, -0.05) is 12.1 Å². The molecule has 80 valence electrons. The fraction of sp³-hybridized carbons (Fsp3) is 0.300. The molecule has 0 aromatic heterocycles. The molecule has 0 fully saturated rings. The predicted octanol–water partition coefficient (Wildman–Crippen LogP) is 1.97. The number of hydrogen-bond donors (Lipinski definition) is 0. The fourth-order valence-electron chi connectivity index (χ4n) is 1.22. The first kappa shape index (κ1) is 11.2. The Balaban J connectivity index is 3.02. The number of esters is 1. The SMILES string of the molecule is CC(=O)OCc1c(C)cccc1[N+](=O)[O-]. The molecule has 0 amide bonds. The zero-order valence-electron chi connectivity index (χ0n) is 8.52. The number of nitrogens with zero attached hydrogens (tertiary/aromatic N) is 1. The van der Waals surface area contributed by atoms with Crippen LogP contribution in [0.15, 0.2) is 18.2 Å². The number of hydrogen-bond acceptors (Lipinski definition) is 4. The highest BCUT2D eigenvalue weighted by atomic mass is 16.6. The summed E-state index contributed by atoms with van der Waals surface area (Å²) in [7, 11) is 0. The Morgan fingerprint density at radius 2 is 2.20 bits per heavy atom. The largest absolute Gasteiger partial charge is 0.461 e. The van der Waals surface area contributed by atoms with Crippen LogP contribution in [0.3, 0.4) is 0 Å². The third-order valence-corrected chi connectivity index (χ3v) is 2.00. The van der Waals surface area contributed by atoms with Crippen LogP contribution >= 0.6 is 0 Å². The van der Waals surface area contributed by atoms with Gasteiger partial charge in [-0.2, -0.15) is 0 Å². The predicted molar refractivity (Wildman–Crippen MR) is 53.3 cm³/mol. The van der Waals surface area contributed by atoms with Gasteiger partial charge in [-0.25, -0.2) is 0 Å². The number of aryl methyl sites for hydroxylation is 1. The molecule has 0 aliphatic carbocycles. The summed E-state index contributed by atoms with van der Waals surface area (Å²) in [5.74, 6) is -0.451. The summed E-state index contributed by atoms with van der Waals surface area (Å²) < 4.78 is 4.76. The zero-order chi connectivity index (χ0) is 11.4. The lowest BCUT2D eigenvalue weighted by atomic mass is 10.1. The molecule has 5 nitrogen and oxygen atoms in total. The minimum atomic E-state index is -0.480. The Morgan fingerprint density at radius 1 is 1.53 bits per heavy atom. The van der Waals surface area contributed by atoms with E-state index in [1.54, 1.807) is 19.1 Å². The summed E-state index contributed by atoms with van der Waals surface area (Å²) in [4.78, 5) is 20.8. The number of nitro groups is 1. The van der Waals surface area contributed by atoms with Crippen LogP contribution in [0.2, 0.25) is 0 Å². The van der Waals surface area contributed by atoms with Gasteiger partial charge in [0, 0.05) is 13.0 Å². The van der Waals surface area contributed by atoms with Crippen molar-refractivity contribution in [1.82, 2.24) is 0 Å². The van der Waals surface area contributed by atoms with E-state index in [1.807, 2.05) is 0 Å². The lowest BCUT2D eigenvalue weighted by Crippen LogP contribution is -2.03.